The number of nitro benzene ring substituents is 1. The zero-order valence-corrected chi connectivity index (χ0v) is 12.9. The van der Waals surface area contributed by atoms with E-state index in [1.807, 2.05) is 0 Å². The van der Waals surface area contributed by atoms with Gasteiger partial charge in [0.05, 0.1) is 21.4 Å². The molecule has 0 bridgehead atoms. The summed E-state index contributed by atoms with van der Waals surface area (Å²) in [5, 5.41) is 10.8. The zero-order chi connectivity index (χ0) is 17.7. The van der Waals surface area contributed by atoms with Gasteiger partial charge in [0.25, 0.3) is 21.6 Å². The molecule has 0 aliphatic carbocycles. The van der Waals surface area contributed by atoms with Gasteiger partial charge in [0.1, 0.15) is 5.82 Å². The van der Waals surface area contributed by atoms with Crippen LogP contribution in [-0.4, -0.2) is 19.2 Å². The number of sulfonamides is 1. The highest BCUT2D eigenvalue weighted by molar-refractivity contribution is 7.90. The van der Waals surface area contributed by atoms with Gasteiger partial charge < -0.3 is 0 Å². The Balaban J connectivity index is 2.19. The second-order valence-corrected chi connectivity index (χ2v) is 6.26. The molecule has 2 aromatic carbocycles. The van der Waals surface area contributed by atoms with Crippen molar-refractivity contribution in [2.75, 3.05) is 0 Å². The molecule has 0 aromatic heterocycles. The summed E-state index contributed by atoms with van der Waals surface area (Å²) in [6.45, 7) is 0. The summed E-state index contributed by atoms with van der Waals surface area (Å²) in [5.74, 6) is -1.78. The number of halogens is 1. The highest BCUT2D eigenvalue weighted by atomic mass is 32.2. The largest absolute Gasteiger partial charge is 0.279 e. The van der Waals surface area contributed by atoms with Gasteiger partial charge in [0.2, 0.25) is 0 Å². The minimum absolute atomic E-state index is 0.0336. The summed E-state index contributed by atoms with van der Waals surface area (Å²) < 4.78 is 38.7. The van der Waals surface area contributed by atoms with Crippen molar-refractivity contribution in [3.63, 3.8) is 0 Å². The number of carbonyl (C=O) groups is 1. The molecule has 0 unspecified atom stereocenters. The van der Waals surface area contributed by atoms with E-state index in [0.29, 0.717) is 6.07 Å². The molecule has 0 spiro atoms. The number of hydrogen-bond acceptors (Lipinski definition) is 5. The molecule has 124 valence electrons. The van der Waals surface area contributed by atoms with Gasteiger partial charge in [0.15, 0.2) is 0 Å². The lowest BCUT2D eigenvalue weighted by atomic mass is 10.1. The molecule has 1 N–H and O–H groups in total. The molecule has 0 fully saturated rings. The Kier molecular flexibility index (Phi) is 5.05. The fourth-order valence-electron chi connectivity index (χ4n) is 1.81. The maximum absolute atomic E-state index is 13.0. The fraction of sp³-hybridized carbons (Fsp3) is 0. The summed E-state index contributed by atoms with van der Waals surface area (Å²) >= 11 is 0. The smallest absolute Gasteiger partial charge is 0.269 e. The second-order valence-electron chi connectivity index (χ2n) is 4.58. The normalized spacial score (nSPS) is 11.4. The predicted molar refractivity (Wildman–Crippen MR) is 83.9 cm³/mol. The predicted octanol–water partition coefficient (Wildman–Crippen LogP) is 2.25. The molecule has 0 heterocycles. The van der Waals surface area contributed by atoms with Crippen LogP contribution in [0.15, 0.2) is 59.5 Å². The van der Waals surface area contributed by atoms with Crippen molar-refractivity contribution in [1.29, 1.82) is 0 Å². The third-order valence-corrected chi connectivity index (χ3v) is 4.25. The number of nitrogens with zero attached hydrogens (tertiary/aromatic N) is 1. The van der Waals surface area contributed by atoms with Gasteiger partial charge in [-0.15, -0.1) is 0 Å². The molecular weight excluding hydrogens is 339 g/mol. The minimum Gasteiger partial charge on any atom is -0.269 e. The lowest BCUT2D eigenvalue weighted by molar-refractivity contribution is -0.385. The van der Waals surface area contributed by atoms with E-state index in [4.69, 9.17) is 0 Å². The monoisotopic (exact) mass is 350 g/mol. The third kappa shape index (κ3) is 4.23. The lowest BCUT2D eigenvalue weighted by Gasteiger charge is -2.04. The van der Waals surface area contributed by atoms with Crippen LogP contribution in [0.1, 0.15) is 5.56 Å². The molecule has 7 nitrogen and oxygen atoms in total. The third-order valence-electron chi connectivity index (χ3n) is 2.89. The van der Waals surface area contributed by atoms with E-state index in [2.05, 4.69) is 0 Å². The van der Waals surface area contributed by atoms with Gasteiger partial charge in [-0.1, -0.05) is 18.2 Å². The molecule has 1 amide bonds. The maximum Gasteiger partial charge on any atom is 0.279 e. The van der Waals surface area contributed by atoms with Crippen LogP contribution in [0.25, 0.3) is 6.08 Å². The summed E-state index contributed by atoms with van der Waals surface area (Å²) in [6, 6.07) is 10.0. The van der Waals surface area contributed by atoms with Crippen molar-refractivity contribution in [3.05, 3.63) is 76.1 Å². The molecular formula is C15H11FN2O5S. The second kappa shape index (κ2) is 7.01. The Bertz CT molecular complexity index is 911. The van der Waals surface area contributed by atoms with Gasteiger partial charge in [-0.3, -0.25) is 14.9 Å². The highest BCUT2D eigenvalue weighted by Crippen LogP contribution is 2.21. The topological polar surface area (TPSA) is 106 Å². The van der Waals surface area contributed by atoms with E-state index in [0.717, 1.165) is 24.3 Å². The van der Waals surface area contributed by atoms with E-state index in [1.54, 1.807) is 10.8 Å². The van der Waals surface area contributed by atoms with E-state index in [9.17, 15) is 27.7 Å². The summed E-state index contributed by atoms with van der Waals surface area (Å²) in [4.78, 5) is 21.7. The Morgan fingerprint density at radius 3 is 2.46 bits per heavy atom. The summed E-state index contributed by atoms with van der Waals surface area (Å²) in [7, 11) is -4.04. The van der Waals surface area contributed by atoms with Crippen LogP contribution in [0.3, 0.4) is 0 Å². The first-order chi connectivity index (χ1) is 11.3. The summed E-state index contributed by atoms with van der Waals surface area (Å²) in [5.41, 5.74) is -0.571. The number of hydrogen-bond donors (Lipinski definition) is 1. The van der Waals surface area contributed by atoms with Crippen molar-refractivity contribution in [2.24, 2.45) is 0 Å². The average Bonchev–Trinajstić information content (AvgIpc) is 2.54. The Labute approximate surface area is 136 Å². The van der Waals surface area contributed by atoms with Crippen LogP contribution in [-0.2, 0) is 14.8 Å². The molecule has 0 atom stereocenters. The first kappa shape index (κ1) is 17.3. The molecule has 24 heavy (non-hydrogen) atoms. The molecule has 2 aromatic rings. The van der Waals surface area contributed by atoms with Gasteiger partial charge in [-0.25, -0.2) is 17.5 Å². The standard InChI is InChI=1S/C15H11FN2O5S/c16-12-8-6-11(14(10-12)18(20)21)7-9-15(19)17-24(22,23)13-4-2-1-3-5-13/h1-10H,(H,17,19). The molecule has 2 rings (SSSR count). The quantitative estimate of drug-likeness (QED) is 0.506. The van der Waals surface area contributed by atoms with Crippen LogP contribution in [0.2, 0.25) is 0 Å². The average molecular weight is 350 g/mol. The highest BCUT2D eigenvalue weighted by Gasteiger charge is 2.16. The van der Waals surface area contributed by atoms with E-state index in [1.165, 1.54) is 24.3 Å². The van der Waals surface area contributed by atoms with Crippen LogP contribution in [0, 0.1) is 15.9 Å². The Morgan fingerprint density at radius 2 is 1.83 bits per heavy atom. The van der Waals surface area contributed by atoms with Gasteiger partial charge in [-0.05, 0) is 30.3 Å². The van der Waals surface area contributed by atoms with Crippen LogP contribution in [0.5, 0.6) is 0 Å². The first-order valence-electron chi connectivity index (χ1n) is 6.53. The molecule has 0 radical (unpaired) electrons. The van der Waals surface area contributed by atoms with E-state index < -0.39 is 32.4 Å². The molecule has 0 aliphatic heterocycles. The van der Waals surface area contributed by atoms with Gasteiger partial charge in [-0.2, -0.15) is 0 Å². The first-order valence-corrected chi connectivity index (χ1v) is 8.02. The van der Waals surface area contributed by atoms with Crippen molar-refractivity contribution in [2.45, 2.75) is 4.90 Å². The zero-order valence-electron chi connectivity index (χ0n) is 12.0. The Morgan fingerprint density at radius 1 is 1.17 bits per heavy atom. The number of nitrogens with one attached hydrogen (secondary N) is 1. The molecule has 0 saturated heterocycles. The Hall–Kier alpha value is -3.07. The lowest BCUT2D eigenvalue weighted by Crippen LogP contribution is -2.28. The van der Waals surface area contributed by atoms with Crippen molar-refractivity contribution in [1.82, 2.24) is 4.72 Å². The number of nitro groups is 1. The van der Waals surface area contributed by atoms with Crippen molar-refractivity contribution >= 4 is 27.7 Å². The SMILES string of the molecule is O=C(C=Cc1ccc(F)cc1[N+](=O)[O-])NS(=O)(=O)c1ccccc1. The van der Waals surface area contributed by atoms with E-state index >= 15 is 0 Å². The van der Waals surface area contributed by atoms with Gasteiger partial charge >= 0.3 is 0 Å². The van der Waals surface area contributed by atoms with E-state index in [-0.39, 0.29) is 10.5 Å². The minimum atomic E-state index is -4.04. The fourth-order valence-corrected chi connectivity index (χ4v) is 2.77. The number of carbonyl (C=O) groups excluding carboxylic acids is 1. The van der Waals surface area contributed by atoms with Crippen LogP contribution < -0.4 is 4.72 Å². The number of rotatable bonds is 5. The van der Waals surface area contributed by atoms with Crippen molar-refractivity contribution < 1.29 is 22.5 Å². The maximum atomic E-state index is 13.0. The van der Waals surface area contributed by atoms with Crippen LogP contribution in [0.4, 0.5) is 10.1 Å². The number of amides is 1. The number of benzene rings is 2. The molecule has 0 saturated carbocycles. The van der Waals surface area contributed by atoms with Crippen molar-refractivity contribution in [3.8, 4) is 0 Å². The summed E-state index contributed by atoms with van der Waals surface area (Å²) in [6.07, 6.45) is 1.86. The van der Waals surface area contributed by atoms with Gasteiger partial charge in [0, 0.05) is 6.08 Å². The molecule has 9 heteroatoms. The van der Waals surface area contributed by atoms with Crippen LogP contribution >= 0.6 is 0 Å². The molecule has 0 aliphatic rings.